The average Bonchev–Trinajstić information content (AvgIpc) is 2.57. The van der Waals surface area contributed by atoms with Gasteiger partial charge in [-0.05, 0) is 31.1 Å². The second-order valence-corrected chi connectivity index (χ2v) is 4.51. The summed E-state index contributed by atoms with van der Waals surface area (Å²) < 4.78 is 0. The van der Waals surface area contributed by atoms with Gasteiger partial charge < -0.3 is 5.73 Å². The minimum absolute atomic E-state index is 0.457. The van der Waals surface area contributed by atoms with E-state index in [4.69, 9.17) is 5.73 Å². The van der Waals surface area contributed by atoms with E-state index in [0.29, 0.717) is 11.9 Å². The maximum absolute atomic E-state index is 5.55. The molecular weight excluding hydrogens is 176 g/mol. The minimum atomic E-state index is 0.457. The van der Waals surface area contributed by atoms with E-state index >= 15 is 0 Å². The summed E-state index contributed by atoms with van der Waals surface area (Å²) in [5.74, 6) is 2.12. The quantitative estimate of drug-likeness (QED) is 0.742. The van der Waals surface area contributed by atoms with E-state index in [-0.39, 0.29) is 0 Å². The predicted octanol–water partition coefficient (Wildman–Crippen LogP) is 1.86. The average molecular weight is 194 g/mol. The van der Waals surface area contributed by atoms with Crippen LogP contribution in [0.15, 0.2) is 6.20 Å². The molecule has 1 aliphatic carbocycles. The van der Waals surface area contributed by atoms with Gasteiger partial charge in [0.2, 0.25) is 0 Å². The highest BCUT2D eigenvalue weighted by atomic mass is 15.5. The Hall–Kier alpha value is -1.06. The lowest BCUT2D eigenvalue weighted by atomic mass is 9.79. The summed E-state index contributed by atoms with van der Waals surface area (Å²) in [6, 6.07) is 0.457. The maximum atomic E-state index is 5.55. The van der Waals surface area contributed by atoms with Gasteiger partial charge in [0.1, 0.15) is 0 Å². The van der Waals surface area contributed by atoms with Crippen molar-refractivity contribution in [3.63, 3.8) is 0 Å². The van der Waals surface area contributed by atoms with Crippen LogP contribution < -0.4 is 5.73 Å². The highest BCUT2D eigenvalue weighted by molar-refractivity contribution is 5.19. The van der Waals surface area contributed by atoms with Crippen molar-refractivity contribution in [1.29, 1.82) is 0 Å². The van der Waals surface area contributed by atoms with Crippen LogP contribution in [0.25, 0.3) is 0 Å². The number of anilines is 1. The lowest BCUT2D eigenvalue weighted by Gasteiger charge is -2.31. The minimum Gasteiger partial charge on any atom is -0.381 e. The molecule has 0 amide bonds. The number of hydrogen-bond acceptors (Lipinski definition) is 3. The first-order chi connectivity index (χ1) is 6.66. The molecule has 1 aliphatic rings. The van der Waals surface area contributed by atoms with Crippen LogP contribution in [-0.4, -0.2) is 15.0 Å². The van der Waals surface area contributed by atoms with Crippen LogP contribution in [0, 0.1) is 11.8 Å². The smallest absolute Gasteiger partial charge is 0.165 e. The first kappa shape index (κ1) is 9.49. The standard InChI is InChI=1S/C10H18N4/c1-7-3-4-9(5-8(7)2)14-12-6-10(11)13-14/h6-9H,3-5H2,1-2H3,(H2,11,13). The van der Waals surface area contributed by atoms with Gasteiger partial charge in [-0.2, -0.15) is 9.90 Å². The molecule has 0 aliphatic heterocycles. The lowest BCUT2D eigenvalue weighted by molar-refractivity contribution is 0.189. The molecule has 4 nitrogen and oxygen atoms in total. The zero-order chi connectivity index (χ0) is 10.1. The first-order valence-electron chi connectivity index (χ1n) is 5.34. The van der Waals surface area contributed by atoms with Crippen LogP contribution >= 0.6 is 0 Å². The van der Waals surface area contributed by atoms with E-state index in [9.17, 15) is 0 Å². The molecule has 4 heteroatoms. The first-order valence-corrected chi connectivity index (χ1v) is 5.34. The van der Waals surface area contributed by atoms with E-state index in [1.807, 2.05) is 0 Å². The highest BCUT2D eigenvalue weighted by Crippen LogP contribution is 2.35. The van der Waals surface area contributed by atoms with Crippen LogP contribution in [0.4, 0.5) is 5.82 Å². The number of aromatic nitrogens is 3. The van der Waals surface area contributed by atoms with Gasteiger partial charge in [0, 0.05) is 0 Å². The van der Waals surface area contributed by atoms with Gasteiger partial charge in [0.05, 0.1) is 12.2 Å². The number of nitrogens with zero attached hydrogens (tertiary/aromatic N) is 3. The Morgan fingerprint density at radius 1 is 1.36 bits per heavy atom. The molecule has 1 aromatic heterocycles. The van der Waals surface area contributed by atoms with Gasteiger partial charge in [-0.25, -0.2) is 0 Å². The van der Waals surface area contributed by atoms with Crippen molar-refractivity contribution < 1.29 is 0 Å². The Kier molecular flexibility index (Phi) is 2.44. The van der Waals surface area contributed by atoms with E-state index in [1.54, 1.807) is 11.0 Å². The Labute approximate surface area is 84.5 Å². The number of nitrogens with two attached hydrogens (primary N) is 1. The Bertz CT molecular complexity index is 307. The number of nitrogen functional groups attached to an aromatic ring is 1. The van der Waals surface area contributed by atoms with E-state index in [0.717, 1.165) is 11.8 Å². The molecule has 3 atom stereocenters. The van der Waals surface area contributed by atoms with Crippen molar-refractivity contribution >= 4 is 5.82 Å². The van der Waals surface area contributed by atoms with Gasteiger partial charge in [-0.3, -0.25) is 0 Å². The van der Waals surface area contributed by atoms with Crippen molar-refractivity contribution in [2.45, 2.75) is 39.2 Å². The second-order valence-electron chi connectivity index (χ2n) is 4.51. The van der Waals surface area contributed by atoms with Crippen LogP contribution in [-0.2, 0) is 0 Å². The molecule has 0 bridgehead atoms. The predicted molar refractivity (Wildman–Crippen MR) is 55.7 cm³/mol. The summed E-state index contributed by atoms with van der Waals surface area (Å²) in [6.45, 7) is 4.63. The van der Waals surface area contributed by atoms with Crippen molar-refractivity contribution in [2.24, 2.45) is 11.8 Å². The molecule has 14 heavy (non-hydrogen) atoms. The Morgan fingerprint density at radius 2 is 2.14 bits per heavy atom. The van der Waals surface area contributed by atoms with Gasteiger partial charge in [0.25, 0.3) is 0 Å². The van der Waals surface area contributed by atoms with Crippen molar-refractivity contribution in [3.05, 3.63) is 6.20 Å². The summed E-state index contributed by atoms with van der Waals surface area (Å²) >= 11 is 0. The molecular formula is C10H18N4. The normalized spacial score (nSPS) is 33.1. The van der Waals surface area contributed by atoms with Crippen molar-refractivity contribution in [2.75, 3.05) is 5.73 Å². The number of rotatable bonds is 1. The van der Waals surface area contributed by atoms with E-state index in [1.165, 1.54) is 19.3 Å². The Balaban J connectivity index is 2.06. The molecule has 1 saturated carbocycles. The van der Waals surface area contributed by atoms with E-state index < -0.39 is 0 Å². The largest absolute Gasteiger partial charge is 0.381 e. The molecule has 1 aromatic rings. The van der Waals surface area contributed by atoms with Gasteiger partial charge in [-0.1, -0.05) is 13.8 Å². The Morgan fingerprint density at radius 3 is 2.71 bits per heavy atom. The van der Waals surface area contributed by atoms with Crippen LogP contribution in [0.5, 0.6) is 0 Å². The van der Waals surface area contributed by atoms with Crippen molar-refractivity contribution in [3.8, 4) is 0 Å². The molecule has 78 valence electrons. The summed E-state index contributed by atoms with van der Waals surface area (Å²) in [5, 5.41) is 8.36. The molecule has 0 radical (unpaired) electrons. The molecule has 1 heterocycles. The third-order valence-electron chi connectivity index (χ3n) is 3.42. The second kappa shape index (κ2) is 3.59. The monoisotopic (exact) mass is 194 g/mol. The molecule has 0 spiro atoms. The highest BCUT2D eigenvalue weighted by Gasteiger charge is 2.26. The SMILES string of the molecule is CC1CCC(n2ncc(N)n2)CC1C. The maximum Gasteiger partial charge on any atom is 0.165 e. The van der Waals surface area contributed by atoms with Gasteiger partial charge in [0.15, 0.2) is 5.82 Å². The zero-order valence-electron chi connectivity index (χ0n) is 8.85. The van der Waals surface area contributed by atoms with Crippen LogP contribution in [0.3, 0.4) is 0 Å². The fraction of sp³-hybridized carbons (Fsp3) is 0.800. The molecule has 3 unspecified atom stereocenters. The number of hydrogen-bond donors (Lipinski definition) is 1. The summed E-state index contributed by atoms with van der Waals surface area (Å²) in [7, 11) is 0. The summed E-state index contributed by atoms with van der Waals surface area (Å²) in [4.78, 5) is 1.79. The van der Waals surface area contributed by atoms with Crippen LogP contribution in [0.1, 0.15) is 39.2 Å². The summed E-state index contributed by atoms with van der Waals surface area (Å²) in [5.41, 5.74) is 5.55. The van der Waals surface area contributed by atoms with Crippen molar-refractivity contribution in [1.82, 2.24) is 15.0 Å². The summed E-state index contributed by atoms with van der Waals surface area (Å²) in [6.07, 6.45) is 5.25. The fourth-order valence-corrected chi connectivity index (χ4v) is 2.19. The molecule has 1 fully saturated rings. The topological polar surface area (TPSA) is 56.7 Å². The third-order valence-corrected chi connectivity index (χ3v) is 3.42. The lowest BCUT2D eigenvalue weighted by Crippen LogP contribution is -2.24. The third kappa shape index (κ3) is 1.74. The van der Waals surface area contributed by atoms with Gasteiger partial charge in [-0.15, -0.1) is 5.10 Å². The molecule has 2 N–H and O–H groups in total. The molecule has 0 saturated heterocycles. The fourth-order valence-electron chi connectivity index (χ4n) is 2.19. The molecule has 2 rings (SSSR count). The van der Waals surface area contributed by atoms with Gasteiger partial charge >= 0.3 is 0 Å². The molecule has 0 aromatic carbocycles. The zero-order valence-corrected chi connectivity index (χ0v) is 8.85. The van der Waals surface area contributed by atoms with E-state index in [2.05, 4.69) is 24.0 Å². The van der Waals surface area contributed by atoms with Crippen LogP contribution in [0.2, 0.25) is 0 Å².